The molecule has 1 heterocycles. The van der Waals surface area contributed by atoms with Crippen molar-refractivity contribution in [1.29, 1.82) is 0 Å². The second-order valence-corrected chi connectivity index (χ2v) is 6.80. The third kappa shape index (κ3) is 3.28. The molecule has 0 aromatic heterocycles. The molecule has 5 heteroatoms. The Labute approximate surface area is 134 Å². The summed E-state index contributed by atoms with van der Waals surface area (Å²) in [5.74, 6) is -0.0928. The van der Waals surface area contributed by atoms with Gasteiger partial charge in [0.15, 0.2) is 0 Å². The molecule has 1 unspecified atom stereocenters. The number of halogens is 1. The Bertz CT molecular complexity index is 557. The van der Waals surface area contributed by atoms with Crippen LogP contribution in [0.4, 0.5) is 0 Å². The molecule has 0 saturated carbocycles. The monoisotopic (exact) mass is 352 g/mol. The Morgan fingerprint density at radius 3 is 2.57 bits per heavy atom. The normalized spacial score (nSPS) is 21.3. The highest BCUT2D eigenvalue weighted by Crippen LogP contribution is 2.25. The lowest BCUT2D eigenvalue weighted by molar-refractivity contribution is -0.154. The molecule has 0 radical (unpaired) electrons. The van der Waals surface area contributed by atoms with E-state index in [9.17, 15) is 9.59 Å². The van der Waals surface area contributed by atoms with Crippen LogP contribution in [-0.2, 0) is 16.1 Å². The zero-order valence-corrected chi connectivity index (χ0v) is 14.2. The maximum atomic E-state index is 12.7. The van der Waals surface area contributed by atoms with Crippen molar-refractivity contribution in [2.75, 3.05) is 0 Å². The lowest BCUT2D eigenvalue weighted by atomic mass is 9.94. The molecule has 2 amide bonds. The second kappa shape index (κ2) is 6.18. The molecule has 1 N–H and O–H groups in total. The highest BCUT2D eigenvalue weighted by Gasteiger charge is 2.44. The largest absolute Gasteiger partial charge is 0.340 e. The number of nitrogens with zero attached hydrogens (tertiary/aromatic N) is 1. The topological polar surface area (TPSA) is 49.4 Å². The van der Waals surface area contributed by atoms with Crippen LogP contribution in [0.15, 0.2) is 28.7 Å². The second-order valence-electron chi connectivity index (χ2n) is 5.94. The van der Waals surface area contributed by atoms with Gasteiger partial charge in [0.05, 0.1) is 0 Å². The minimum Gasteiger partial charge on any atom is -0.340 e. The van der Waals surface area contributed by atoms with E-state index in [1.807, 2.05) is 31.2 Å². The highest BCUT2D eigenvalue weighted by molar-refractivity contribution is 9.10. The number of piperazine rings is 1. The molecule has 21 heavy (non-hydrogen) atoms. The van der Waals surface area contributed by atoms with E-state index in [2.05, 4.69) is 21.2 Å². The van der Waals surface area contributed by atoms with Gasteiger partial charge in [-0.2, -0.15) is 0 Å². The molecule has 1 atom stereocenters. The summed E-state index contributed by atoms with van der Waals surface area (Å²) in [6, 6.07) is 7.41. The van der Waals surface area contributed by atoms with Crippen LogP contribution in [0.5, 0.6) is 0 Å². The number of rotatable bonds is 4. The standard InChI is InChI=1S/C16H21BrN2O2/c1-4-7-13-14(20)18-16(2,3)15(21)19(13)10-11-8-5-6-9-12(11)17/h5-6,8-9,13H,4,7,10H2,1-3H3,(H,18,20). The molecule has 1 aliphatic rings. The minimum absolute atomic E-state index is 0.0312. The molecule has 1 aromatic carbocycles. The van der Waals surface area contributed by atoms with Crippen LogP contribution in [-0.4, -0.2) is 28.3 Å². The lowest BCUT2D eigenvalue weighted by Gasteiger charge is -2.43. The number of hydrogen-bond acceptors (Lipinski definition) is 2. The lowest BCUT2D eigenvalue weighted by Crippen LogP contribution is -2.67. The molecule has 1 aromatic rings. The van der Waals surface area contributed by atoms with E-state index in [1.54, 1.807) is 18.7 Å². The highest BCUT2D eigenvalue weighted by atomic mass is 79.9. The van der Waals surface area contributed by atoms with Crippen molar-refractivity contribution in [1.82, 2.24) is 10.2 Å². The summed E-state index contributed by atoms with van der Waals surface area (Å²) >= 11 is 3.51. The molecule has 0 aliphatic carbocycles. The predicted molar refractivity (Wildman–Crippen MR) is 85.6 cm³/mol. The summed E-state index contributed by atoms with van der Waals surface area (Å²) in [6.45, 7) is 5.97. The number of carbonyl (C=O) groups is 2. The van der Waals surface area contributed by atoms with Gasteiger partial charge in [0.1, 0.15) is 11.6 Å². The fraction of sp³-hybridized carbons (Fsp3) is 0.500. The Kier molecular flexibility index (Phi) is 4.71. The van der Waals surface area contributed by atoms with Crippen LogP contribution in [0.1, 0.15) is 39.2 Å². The fourth-order valence-corrected chi connectivity index (χ4v) is 3.05. The van der Waals surface area contributed by atoms with Crippen LogP contribution in [0, 0.1) is 0 Å². The maximum Gasteiger partial charge on any atom is 0.248 e. The quantitative estimate of drug-likeness (QED) is 0.905. The van der Waals surface area contributed by atoms with Crippen LogP contribution in [0.3, 0.4) is 0 Å². The van der Waals surface area contributed by atoms with Crippen molar-refractivity contribution >= 4 is 27.7 Å². The first-order chi connectivity index (χ1) is 9.86. The Hall–Kier alpha value is -1.36. The van der Waals surface area contributed by atoms with Gasteiger partial charge in [-0.15, -0.1) is 0 Å². The zero-order chi connectivity index (χ0) is 15.6. The average molecular weight is 353 g/mol. The molecule has 4 nitrogen and oxygen atoms in total. The Morgan fingerprint density at radius 1 is 1.29 bits per heavy atom. The SMILES string of the molecule is CCCC1C(=O)NC(C)(C)C(=O)N1Cc1ccccc1Br. The summed E-state index contributed by atoms with van der Waals surface area (Å²) in [5.41, 5.74) is 0.167. The maximum absolute atomic E-state index is 12.7. The molecule has 2 rings (SSSR count). The van der Waals surface area contributed by atoms with Gasteiger partial charge in [-0.3, -0.25) is 9.59 Å². The van der Waals surface area contributed by atoms with Gasteiger partial charge >= 0.3 is 0 Å². The van der Waals surface area contributed by atoms with E-state index in [0.717, 1.165) is 16.5 Å². The molecular formula is C16H21BrN2O2. The van der Waals surface area contributed by atoms with Gasteiger partial charge in [-0.1, -0.05) is 47.5 Å². The summed E-state index contributed by atoms with van der Waals surface area (Å²) < 4.78 is 0.955. The van der Waals surface area contributed by atoms with Crippen molar-refractivity contribution in [3.63, 3.8) is 0 Å². The van der Waals surface area contributed by atoms with Crippen LogP contribution < -0.4 is 5.32 Å². The van der Waals surface area contributed by atoms with Crippen molar-refractivity contribution < 1.29 is 9.59 Å². The van der Waals surface area contributed by atoms with Gasteiger partial charge < -0.3 is 10.2 Å². The first kappa shape index (κ1) is 16.0. The number of hydrogen-bond donors (Lipinski definition) is 1. The zero-order valence-electron chi connectivity index (χ0n) is 12.6. The molecule has 114 valence electrons. The molecule has 1 fully saturated rings. The number of nitrogens with one attached hydrogen (secondary N) is 1. The van der Waals surface area contributed by atoms with Gasteiger partial charge in [0.25, 0.3) is 0 Å². The summed E-state index contributed by atoms with van der Waals surface area (Å²) in [7, 11) is 0. The van der Waals surface area contributed by atoms with E-state index in [0.29, 0.717) is 13.0 Å². The molecule has 0 spiro atoms. The third-order valence-electron chi connectivity index (χ3n) is 3.77. The minimum atomic E-state index is -0.845. The Morgan fingerprint density at radius 2 is 1.95 bits per heavy atom. The fourth-order valence-electron chi connectivity index (χ4n) is 2.64. The first-order valence-corrected chi connectivity index (χ1v) is 8.02. The van der Waals surface area contributed by atoms with Crippen molar-refractivity contribution in [2.24, 2.45) is 0 Å². The van der Waals surface area contributed by atoms with Gasteiger partial charge in [-0.25, -0.2) is 0 Å². The predicted octanol–water partition coefficient (Wildman–Crippen LogP) is 2.85. The van der Waals surface area contributed by atoms with E-state index in [-0.39, 0.29) is 17.9 Å². The van der Waals surface area contributed by atoms with Crippen molar-refractivity contribution in [3.8, 4) is 0 Å². The smallest absolute Gasteiger partial charge is 0.248 e. The van der Waals surface area contributed by atoms with E-state index in [4.69, 9.17) is 0 Å². The number of carbonyl (C=O) groups excluding carboxylic acids is 2. The van der Waals surface area contributed by atoms with E-state index < -0.39 is 5.54 Å². The van der Waals surface area contributed by atoms with E-state index in [1.165, 1.54) is 0 Å². The van der Waals surface area contributed by atoms with Gasteiger partial charge in [-0.05, 0) is 31.9 Å². The van der Waals surface area contributed by atoms with E-state index >= 15 is 0 Å². The van der Waals surface area contributed by atoms with Gasteiger partial charge in [0.2, 0.25) is 11.8 Å². The molecule has 1 saturated heterocycles. The van der Waals surface area contributed by atoms with Crippen molar-refractivity contribution in [3.05, 3.63) is 34.3 Å². The van der Waals surface area contributed by atoms with Crippen LogP contribution in [0.25, 0.3) is 0 Å². The van der Waals surface area contributed by atoms with Crippen LogP contribution >= 0.6 is 15.9 Å². The summed E-state index contributed by atoms with van der Waals surface area (Å²) in [4.78, 5) is 26.7. The van der Waals surface area contributed by atoms with Crippen molar-refractivity contribution in [2.45, 2.75) is 51.7 Å². The number of benzene rings is 1. The first-order valence-electron chi connectivity index (χ1n) is 7.23. The summed E-state index contributed by atoms with van der Waals surface area (Å²) in [5, 5.41) is 2.83. The summed E-state index contributed by atoms with van der Waals surface area (Å²) in [6.07, 6.45) is 1.54. The molecule has 1 aliphatic heterocycles. The molecule has 0 bridgehead atoms. The molecular weight excluding hydrogens is 332 g/mol. The number of amides is 2. The third-order valence-corrected chi connectivity index (χ3v) is 4.54. The average Bonchev–Trinajstić information content (AvgIpc) is 2.42. The van der Waals surface area contributed by atoms with Gasteiger partial charge in [0, 0.05) is 11.0 Å². The Balaban J connectivity index is 2.32. The van der Waals surface area contributed by atoms with Crippen LogP contribution in [0.2, 0.25) is 0 Å².